The molecule has 3 rings (SSSR count). The van der Waals surface area contributed by atoms with E-state index < -0.39 is 0 Å². The average Bonchev–Trinajstić information content (AvgIpc) is 2.61. The highest BCUT2D eigenvalue weighted by molar-refractivity contribution is 5.82. The summed E-state index contributed by atoms with van der Waals surface area (Å²) in [5.74, 6) is 0. The molecule has 0 atom stereocenters. The zero-order valence-electron chi connectivity index (χ0n) is 14.9. The van der Waals surface area contributed by atoms with E-state index in [9.17, 15) is 0 Å². The van der Waals surface area contributed by atoms with Crippen LogP contribution >= 0.6 is 0 Å². The quantitative estimate of drug-likeness (QED) is 0.598. The smallest absolute Gasteiger partial charge is 0.0387 e. The van der Waals surface area contributed by atoms with Gasteiger partial charge in [-0.1, -0.05) is 67.6 Å². The van der Waals surface area contributed by atoms with Gasteiger partial charge in [-0.05, 0) is 39.9 Å². The van der Waals surface area contributed by atoms with E-state index in [4.69, 9.17) is 0 Å². The Kier molecular flexibility index (Phi) is 5.29. The van der Waals surface area contributed by atoms with Gasteiger partial charge in [0.15, 0.2) is 0 Å². The molecule has 0 N–H and O–H groups in total. The molecule has 24 heavy (non-hydrogen) atoms. The number of rotatable bonds is 6. The van der Waals surface area contributed by atoms with Crippen molar-refractivity contribution in [2.24, 2.45) is 0 Å². The number of fused-ring (bicyclic) bond motifs is 1. The first-order valence-corrected chi connectivity index (χ1v) is 8.63. The summed E-state index contributed by atoms with van der Waals surface area (Å²) in [4.78, 5) is 0. The van der Waals surface area contributed by atoms with E-state index in [1.54, 1.807) is 0 Å². The maximum Gasteiger partial charge on any atom is 0.0387 e. The second-order valence-corrected chi connectivity index (χ2v) is 6.52. The summed E-state index contributed by atoms with van der Waals surface area (Å²) >= 11 is 0. The molecule has 2 nitrogen and oxygen atoms in total. The number of aryl methyl sites for hydroxylation is 1. The molecule has 124 valence electrons. The maximum absolute atomic E-state index is 2.37. The Morgan fingerprint density at radius 3 is 2.04 bits per heavy atom. The van der Waals surface area contributed by atoms with Gasteiger partial charge in [-0.15, -0.1) is 0 Å². The topological polar surface area (TPSA) is 6.48 Å². The lowest BCUT2D eigenvalue weighted by Gasteiger charge is -2.29. The van der Waals surface area contributed by atoms with Gasteiger partial charge in [0.2, 0.25) is 0 Å². The normalized spacial score (nSPS) is 11.5. The average molecular weight is 318 g/mol. The fourth-order valence-corrected chi connectivity index (χ4v) is 3.05. The number of nitrogens with zero attached hydrogens (tertiary/aromatic N) is 2. The second-order valence-electron chi connectivity index (χ2n) is 6.52. The molecule has 0 fully saturated rings. The van der Waals surface area contributed by atoms with Crippen molar-refractivity contribution >= 4 is 10.8 Å². The van der Waals surface area contributed by atoms with Crippen LogP contribution < -0.4 is 0 Å². The maximum atomic E-state index is 2.37. The van der Waals surface area contributed by atoms with Crippen LogP contribution in [0.25, 0.3) is 10.8 Å². The zero-order valence-corrected chi connectivity index (χ0v) is 14.9. The van der Waals surface area contributed by atoms with E-state index in [0.717, 1.165) is 19.5 Å². The van der Waals surface area contributed by atoms with Crippen LogP contribution in [0, 0.1) is 0 Å². The monoisotopic (exact) mass is 318 g/mol. The molecule has 0 saturated carbocycles. The molecule has 0 amide bonds. The summed E-state index contributed by atoms with van der Waals surface area (Å²) in [5, 5.41) is 7.17. The predicted octanol–water partition coefficient (Wildman–Crippen LogP) is 4.88. The standard InChI is InChI=1S/C22H26N2/c1-4-18-8-7-9-19(14-18)16-24(23(2)3)17-20-12-13-21-10-5-6-11-22(21)15-20/h5-15H,4,16-17H2,1-3H3. The first-order chi connectivity index (χ1) is 11.7. The first kappa shape index (κ1) is 16.7. The summed E-state index contributed by atoms with van der Waals surface area (Å²) < 4.78 is 0. The third-order valence-corrected chi connectivity index (χ3v) is 4.51. The predicted molar refractivity (Wildman–Crippen MR) is 103 cm³/mol. The van der Waals surface area contributed by atoms with E-state index in [0.29, 0.717) is 0 Å². The second kappa shape index (κ2) is 7.61. The van der Waals surface area contributed by atoms with Crippen LogP contribution in [0.2, 0.25) is 0 Å². The highest BCUT2D eigenvalue weighted by Gasteiger charge is 2.10. The van der Waals surface area contributed by atoms with E-state index in [1.807, 2.05) is 0 Å². The third-order valence-electron chi connectivity index (χ3n) is 4.51. The Morgan fingerprint density at radius 1 is 0.667 bits per heavy atom. The summed E-state index contributed by atoms with van der Waals surface area (Å²) in [6.07, 6.45) is 1.08. The van der Waals surface area contributed by atoms with Gasteiger partial charge in [0.25, 0.3) is 0 Å². The molecular weight excluding hydrogens is 292 g/mol. The summed E-state index contributed by atoms with van der Waals surface area (Å²) in [6, 6.07) is 24.2. The van der Waals surface area contributed by atoms with Gasteiger partial charge in [-0.25, -0.2) is 10.0 Å². The van der Waals surface area contributed by atoms with Gasteiger partial charge in [-0.2, -0.15) is 0 Å². The summed E-state index contributed by atoms with van der Waals surface area (Å²) in [6.45, 7) is 4.04. The van der Waals surface area contributed by atoms with Crippen LogP contribution in [0.3, 0.4) is 0 Å². The molecule has 0 aliphatic carbocycles. The van der Waals surface area contributed by atoms with E-state index in [1.165, 1.54) is 27.5 Å². The van der Waals surface area contributed by atoms with Gasteiger partial charge in [-0.3, -0.25) is 0 Å². The highest BCUT2D eigenvalue weighted by atomic mass is 15.6. The molecule has 0 aliphatic rings. The lowest BCUT2D eigenvalue weighted by Crippen LogP contribution is -2.35. The molecule has 3 aromatic rings. The molecular formula is C22H26N2. The number of hydrazine groups is 1. The van der Waals surface area contributed by atoms with Crippen molar-refractivity contribution in [1.82, 2.24) is 10.0 Å². The SMILES string of the molecule is CCc1cccc(CN(Cc2ccc3ccccc3c2)N(C)C)c1. The minimum atomic E-state index is 0.911. The molecule has 0 bridgehead atoms. The Labute approximate surface area is 145 Å². The van der Waals surface area contributed by atoms with Crippen molar-refractivity contribution in [2.45, 2.75) is 26.4 Å². The van der Waals surface area contributed by atoms with Crippen molar-refractivity contribution in [2.75, 3.05) is 14.1 Å². The Hall–Kier alpha value is -2.16. The van der Waals surface area contributed by atoms with Gasteiger partial charge in [0.1, 0.15) is 0 Å². The molecule has 0 unspecified atom stereocenters. The zero-order chi connectivity index (χ0) is 16.9. The van der Waals surface area contributed by atoms with Crippen molar-refractivity contribution < 1.29 is 0 Å². The van der Waals surface area contributed by atoms with Gasteiger partial charge in [0, 0.05) is 27.2 Å². The lowest BCUT2D eigenvalue weighted by atomic mass is 10.1. The summed E-state index contributed by atoms with van der Waals surface area (Å²) in [5.41, 5.74) is 4.11. The Bertz CT molecular complexity index is 808. The minimum Gasteiger partial charge on any atom is -0.247 e. The number of benzene rings is 3. The fourth-order valence-electron chi connectivity index (χ4n) is 3.05. The molecule has 0 saturated heterocycles. The van der Waals surface area contributed by atoms with Crippen LogP contribution in [0.4, 0.5) is 0 Å². The minimum absolute atomic E-state index is 0.911. The molecule has 0 spiro atoms. The largest absolute Gasteiger partial charge is 0.247 e. The lowest BCUT2D eigenvalue weighted by molar-refractivity contribution is 0.00735. The Balaban J connectivity index is 1.79. The fraction of sp³-hybridized carbons (Fsp3) is 0.273. The number of hydrogen-bond acceptors (Lipinski definition) is 2. The van der Waals surface area contributed by atoms with Crippen molar-refractivity contribution in [3.05, 3.63) is 83.4 Å². The van der Waals surface area contributed by atoms with Crippen LogP contribution in [-0.2, 0) is 19.5 Å². The summed E-state index contributed by atoms with van der Waals surface area (Å²) in [7, 11) is 4.23. The first-order valence-electron chi connectivity index (χ1n) is 8.63. The van der Waals surface area contributed by atoms with Crippen molar-refractivity contribution in [3.8, 4) is 0 Å². The third kappa shape index (κ3) is 4.02. The molecule has 0 aliphatic heterocycles. The van der Waals surface area contributed by atoms with Crippen LogP contribution in [0.1, 0.15) is 23.6 Å². The molecule has 0 heterocycles. The molecule has 2 heteroatoms. The van der Waals surface area contributed by atoms with Gasteiger partial charge < -0.3 is 0 Å². The van der Waals surface area contributed by atoms with Crippen LogP contribution in [0.5, 0.6) is 0 Å². The highest BCUT2D eigenvalue weighted by Crippen LogP contribution is 2.18. The molecule has 3 aromatic carbocycles. The van der Waals surface area contributed by atoms with Crippen molar-refractivity contribution in [1.29, 1.82) is 0 Å². The van der Waals surface area contributed by atoms with Crippen molar-refractivity contribution in [3.63, 3.8) is 0 Å². The molecule has 0 radical (unpaired) electrons. The van der Waals surface area contributed by atoms with Gasteiger partial charge >= 0.3 is 0 Å². The van der Waals surface area contributed by atoms with Crippen LogP contribution in [-0.4, -0.2) is 24.1 Å². The van der Waals surface area contributed by atoms with E-state index in [-0.39, 0.29) is 0 Å². The van der Waals surface area contributed by atoms with E-state index >= 15 is 0 Å². The molecule has 0 aromatic heterocycles. The van der Waals surface area contributed by atoms with Gasteiger partial charge in [0.05, 0.1) is 0 Å². The Morgan fingerprint density at radius 2 is 1.33 bits per heavy atom. The number of hydrogen-bond donors (Lipinski definition) is 0. The van der Waals surface area contributed by atoms with Crippen LogP contribution in [0.15, 0.2) is 66.7 Å². The van der Waals surface area contributed by atoms with E-state index in [2.05, 4.69) is 97.8 Å².